The summed E-state index contributed by atoms with van der Waals surface area (Å²) >= 11 is 0. The molecule has 2 heterocycles. The third-order valence-electron chi connectivity index (χ3n) is 6.70. The van der Waals surface area contributed by atoms with Gasteiger partial charge in [0.25, 0.3) is 0 Å². The van der Waals surface area contributed by atoms with Gasteiger partial charge in [0.2, 0.25) is 0 Å². The summed E-state index contributed by atoms with van der Waals surface area (Å²) in [5.74, 6) is 0.167. The van der Waals surface area contributed by atoms with Gasteiger partial charge in [-0.2, -0.15) is 0 Å². The van der Waals surface area contributed by atoms with E-state index in [0.29, 0.717) is 25.4 Å². The molecule has 7 unspecified atom stereocenters. The first-order chi connectivity index (χ1) is 16.1. The van der Waals surface area contributed by atoms with Crippen LogP contribution in [-0.2, 0) is 19.0 Å². The number of nitrogens with two attached hydrogens (primary N) is 1. The second-order valence-electron chi connectivity index (χ2n) is 10.0. The SMILES string of the molecule is CC(=O)OC(C)C=CCNC1CC(C)C(CC=C(C)C=CC(O)CC2(CCCN)CO2)OC1C. The van der Waals surface area contributed by atoms with Crippen molar-refractivity contribution >= 4 is 5.97 Å². The third kappa shape index (κ3) is 10.4. The topological polar surface area (TPSA) is 106 Å². The number of allylic oxidation sites excluding steroid dienone is 2. The predicted octanol–water partition coefficient (Wildman–Crippen LogP) is 3.42. The fourth-order valence-electron chi connectivity index (χ4n) is 4.54. The Hall–Kier alpha value is -1.51. The summed E-state index contributed by atoms with van der Waals surface area (Å²) in [4.78, 5) is 11.0. The number of aliphatic hydroxyl groups excluding tert-OH is 1. The van der Waals surface area contributed by atoms with Crippen LogP contribution >= 0.6 is 0 Å². The van der Waals surface area contributed by atoms with Gasteiger partial charge < -0.3 is 30.4 Å². The van der Waals surface area contributed by atoms with Crippen molar-refractivity contribution in [3.05, 3.63) is 36.0 Å². The Bertz CT molecular complexity index is 716. The lowest BCUT2D eigenvalue weighted by molar-refractivity contribution is -0.143. The molecule has 0 aliphatic carbocycles. The Morgan fingerprint density at radius 3 is 2.71 bits per heavy atom. The van der Waals surface area contributed by atoms with Crippen molar-refractivity contribution in [2.75, 3.05) is 19.7 Å². The molecular formula is C27H46N2O5. The van der Waals surface area contributed by atoms with Gasteiger partial charge in [-0.15, -0.1) is 0 Å². The zero-order valence-corrected chi connectivity index (χ0v) is 21.7. The summed E-state index contributed by atoms with van der Waals surface area (Å²) in [6.45, 7) is 11.8. The number of rotatable bonds is 14. The first-order valence-corrected chi connectivity index (χ1v) is 12.7. The molecule has 2 aliphatic heterocycles. The van der Waals surface area contributed by atoms with Crippen molar-refractivity contribution in [2.45, 2.75) is 103 Å². The summed E-state index contributed by atoms with van der Waals surface area (Å²) in [5.41, 5.74) is 6.56. The van der Waals surface area contributed by atoms with Gasteiger partial charge in [0.15, 0.2) is 0 Å². The molecule has 0 bridgehead atoms. The number of hydrogen-bond acceptors (Lipinski definition) is 7. The van der Waals surface area contributed by atoms with Gasteiger partial charge in [0, 0.05) is 25.9 Å². The van der Waals surface area contributed by atoms with Gasteiger partial charge in [0.05, 0.1) is 30.5 Å². The quantitative estimate of drug-likeness (QED) is 0.152. The van der Waals surface area contributed by atoms with E-state index in [-0.39, 0.29) is 35.9 Å². The lowest BCUT2D eigenvalue weighted by Gasteiger charge is -2.39. The summed E-state index contributed by atoms with van der Waals surface area (Å²) in [6, 6.07) is 0.288. The third-order valence-corrected chi connectivity index (χ3v) is 6.70. The van der Waals surface area contributed by atoms with Crippen molar-refractivity contribution in [3.8, 4) is 0 Å². The molecule has 0 aromatic heterocycles. The monoisotopic (exact) mass is 478 g/mol. The maximum Gasteiger partial charge on any atom is 0.303 e. The normalized spacial score (nSPS) is 31.7. The van der Waals surface area contributed by atoms with Gasteiger partial charge in [-0.1, -0.05) is 36.8 Å². The van der Waals surface area contributed by atoms with Crippen LogP contribution in [0.1, 0.15) is 66.7 Å². The van der Waals surface area contributed by atoms with Gasteiger partial charge in [-0.25, -0.2) is 0 Å². The number of hydrogen-bond donors (Lipinski definition) is 3. The van der Waals surface area contributed by atoms with E-state index in [0.717, 1.165) is 37.9 Å². The molecule has 2 aliphatic rings. The second-order valence-corrected chi connectivity index (χ2v) is 10.0. The minimum Gasteiger partial charge on any atom is -0.459 e. The van der Waals surface area contributed by atoms with E-state index in [2.05, 4.69) is 32.2 Å². The molecule has 2 rings (SSSR count). The second kappa shape index (κ2) is 14.1. The standard InChI is InChI=1S/C27H46N2O5/c1-19(9-11-24(31)17-27(18-32-27)13-7-14-28)10-12-26-20(2)16-25(22(4)34-26)29-15-6-8-21(3)33-23(5)30/h6,8-11,20-22,24-26,29,31H,7,12-18,28H2,1-5H3. The molecule has 0 aromatic carbocycles. The van der Waals surface area contributed by atoms with E-state index in [1.54, 1.807) is 0 Å². The number of carbonyl (C=O) groups is 1. The van der Waals surface area contributed by atoms with Crippen LogP contribution < -0.4 is 11.1 Å². The smallest absolute Gasteiger partial charge is 0.303 e. The Labute approximate surface area is 205 Å². The molecule has 7 atom stereocenters. The number of epoxide rings is 1. The van der Waals surface area contributed by atoms with Crippen LogP contribution in [0.5, 0.6) is 0 Å². The minimum atomic E-state index is -0.508. The first-order valence-electron chi connectivity index (χ1n) is 12.7. The Morgan fingerprint density at radius 1 is 1.32 bits per heavy atom. The van der Waals surface area contributed by atoms with E-state index >= 15 is 0 Å². The molecule has 194 valence electrons. The molecule has 0 aromatic rings. The average molecular weight is 479 g/mol. The Kier molecular flexibility index (Phi) is 12.0. The number of nitrogens with one attached hydrogen (secondary N) is 1. The molecule has 0 amide bonds. The van der Waals surface area contributed by atoms with Crippen molar-refractivity contribution in [1.82, 2.24) is 5.32 Å². The first kappa shape index (κ1) is 28.7. The molecule has 7 nitrogen and oxygen atoms in total. The highest BCUT2D eigenvalue weighted by atomic mass is 16.6. The molecule has 0 saturated carbocycles. The fraction of sp³-hybridized carbons (Fsp3) is 0.741. The summed E-state index contributed by atoms with van der Waals surface area (Å²) < 4.78 is 17.0. The highest BCUT2D eigenvalue weighted by molar-refractivity contribution is 5.66. The van der Waals surface area contributed by atoms with E-state index in [1.165, 1.54) is 6.92 Å². The van der Waals surface area contributed by atoms with Gasteiger partial charge in [0.1, 0.15) is 6.10 Å². The zero-order chi connectivity index (χ0) is 25.1. The van der Waals surface area contributed by atoms with Crippen LogP contribution in [0.3, 0.4) is 0 Å². The number of carbonyl (C=O) groups excluding carboxylic acids is 1. The Balaban J connectivity index is 1.73. The minimum absolute atomic E-state index is 0.120. The summed E-state index contributed by atoms with van der Waals surface area (Å²) in [6.07, 6.45) is 13.9. The fourth-order valence-corrected chi connectivity index (χ4v) is 4.54. The molecule has 0 radical (unpaired) electrons. The van der Waals surface area contributed by atoms with Crippen LogP contribution in [0, 0.1) is 5.92 Å². The van der Waals surface area contributed by atoms with Crippen molar-refractivity contribution in [1.29, 1.82) is 0 Å². The molecule has 34 heavy (non-hydrogen) atoms. The number of ether oxygens (including phenoxy) is 3. The van der Waals surface area contributed by atoms with Crippen LogP contribution in [0.25, 0.3) is 0 Å². The molecule has 0 spiro atoms. The molecule has 2 saturated heterocycles. The number of aliphatic hydroxyl groups is 1. The largest absolute Gasteiger partial charge is 0.459 e. The molecule has 4 N–H and O–H groups in total. The summed E-state index contributed by atoms with van der Waals surface area (Å²) in [7, 11) is 0. The molecule has 2 fully saturated rings. The highest BCUT2D eigenvalue weighted by Crippen LogP contribution is 2.37. The van der Waals surface area contributed by atoms with Crippen molar-refractivity contribution < 1.29 is 24.1 Å². The molecule has 7 heteroatoms. The van der Waals surface area contributed by atoms with Crippen molar-refractivity contribution in [2.24, 2.45) is 11.7 Å². The van der Waals surface area contributed by atoms with Crippen LogP contribution in [-0.4, -0.2) is 66.8 Å². The average Bonchev–Trinajstić information content (AvgIpc) is 3.53. The maximum absolute atomic E-state index is 11.0. The number of esters is 1. The van der Waals surface area contributed by atoms with E-state index in [1.807, 2.05) is 31.2 Å². The van der Waals surface area contributed by atoms with Crippen molar-refractivity contribution in [3.63, 3.8) is 0 Å². The van der Waals surface area contributed by atoms with Crippen LogP contribution in [0.15, 0.2) is 36.0 Å². The van der Waals surface area contributed by atoms with Crippen LogP contribution in [0.2, 0.25) is 0 Å². The lowest BCUT2D eigenvalue weighted by Crippen LogP contribution is -2.49. The van der Waals surface area contributed by atoms with E-state index in [9.17, 15) is 9.90 Å². The van der Waals surface area contributed by atoms with Gasteiger partial charge in [-0.3, -0.25) is 4.79 Å². The van der Waals surface area contributed by atoms with Gasteiger partial charge in [-0.05, 0) is 65.0 Å². The summed E-state index contributed by atoms with van der Waals surface area (Å²) in [5, 5.41) is 13.9. The van der Waals surface area contributed by atoms with Crippen LogP contribution in [0.4, 0.5) is 0 Å². The van der Waals surface area contributed by atoms with E-state index in [4.69, 9.17) is 19.9 Å². The maximum atomic E-state index is 11.0. The predicted molar refractivity (Wildman–Crippen MR) is 135 cm³/mol. The lowest BCUT2D eigenvalue weighted by atomic mass is 9.88. The highest BCUT2D eigenvalue weighted by Gasteiger charge is 2.44. The van der Waals surface area contributed by atoms with E-state index < -0.39 is 6.10 Å². The zero-order valence-electron chi connectivity index (χ0n) is 21.7. The molecular weight excluding hydrogens is 432 g/mol. The Morgan fingerprint density at radius 2 is 2.06 bits per heavy atom. The van der Waals surface area contributed by atoms with Gasteiger partial charge >= 0.3 is 5.97 Å².